The van der Waals surface area contributed by atoms with E-state index < -0.39 is 17.0 Å². The Kier molecular flexibility index (Phi) is 3.47. The maximum Gasteiger partial charge on any atom is 0.129 e. The minimum absolute atomic E-state index is 0.323. The van der Waals surface area contributed by atoms with Crippen LogP contribution in [0.4, 0.5) is 8.78 Å². The van der Waals surface area contributed by atoms with Crippen LogP contribution in [0.2, 0.25) is 0 Å². The second-order valence-electron chi connectivity index (χ2n) is 5.75. The van der Waals surface area contributed by atoms with Gasteiger partial charge in [-0.05, 0) is 48.4 Å². The van der Waals surface area contributed by atoms with Gasteiger partial charge in [-0.25, -0.2) is 8.78 Å². The molecule has 0 radical (unpaired) electrons. The van der Waals surface area contributed by atoms with Crippen molar-refractivity contribution in [2.24, 2.45) is 5.41 Å². The third kappa shape index (κ3) is 2.67. The smallest absolute Gasteiger partial charge is 0.129 e. The highest BCUT2D eigenvalue weighted by molar-refractivity contribution is 5.34. The SMILES string of the molecule is N#CC1(Cc2ccc(F)cc2F)CCc2ccccc2C1. The Labute approximate surface area is 122 Å². The van der Waals surface area contributed by atoms with Gasteiger partial charge in [0.05, 0.1) is 11.5 Å². The minimum Gasteiger partial charge on any atom is -0.207 e. The van der Waals surface area contributed by atoms with Gasteiger partial charge in [-0.3, -0.25) is 0 Å². The highest BCUT2D eigenvalue weighted by Crippen LogP contribution is 2.38. The second kappa shape index (κ2) is 5.29. The van der Waals surface area contributed by atoms with Crippen LogP contribution >= 0.6 is 0 Å². The zero-order valence-corrected chi connectivity index (χ0v) is 11.6. The van der Waals surface area contributed by atoms with E-state index in [0.717, 1.165) is 18.1 Å². The van der Waals surface area contributed by atoms with Crippen molar-refractivity contribution in [1.29, 1.82) is 5.26 Å². The largest absolute Gasteiger partial charge is 0.207 e. The summed E-state index contributed by atoms with van der Waals surface area (Å²) >= 11 is 0. The molecule has 0 bridgehead atoms. The lowest BCUT2D eigenvalue weighted by atomic mass is 9.69. The van der Waals surface area contributed by atoms with Crippen LogP contribution in [0.1, 0.15) is 23.1 Å². The molecular weight excluding hydrogens is 268 g/mol. The van der Waals surface area contributed by atoms with Crippen LogP contribution in [-0.4, -0.2) is 0 Å². The highest BCUT2D eigenvalue weighted by Gasteiger charge is 2.35. The van der Waals surface area contributed by atoms with Gasteiger partial charge in [0.2, 0.25) is 0 Å². The average molecular weight is 283 g/mol. The summed E-state index contributed by atoms with van der Waals surface area (Å²) < 4.78 is 26.9. The zero-order valence-electron chi connectivity index (χ0n) is 11.6. The van der Waals surface area contributed by atoms with Gasteiger partial charge < -0.3 is 0 Å². The van der Waals surface area contributed by atoms with Gasteiger partial charge in [-0.2, -0.15) is 5.26 Å². The summed E-state index contributed by atoms with van der Waals surface area (Å²) in [6.45, 7) is 0. The van der Waals surface area contributed by atoms with E-state index in [2.05, 4.69) is 12.1 Å². The predicted octanol–water partition coefficient (Wildman–Crippen LogP) is 4.21. The van der Waals surface area contributed by atoms with E-state index in [-0.39, 0.29) is 0 Å². The molecule has 3 heteroatoms. The monoisotopic (exact) mass is 283 g/mol. The van der Waals surface area contributed by atoms with Crippen LogP contribution in [0, 0.1) is 28.4 Å². The van der Waals surface area contributed by atoms with Crippen molar-refractivity contribution in [2.45, 2.75) is 25.7 Å². The normalized spacial score (nSPS) is 20.6. The van der Waals surface area contributed by atoms with Gasteiger partial charge in [0.1, 0.15) is 11.6 Å². The lowest BCUT2D eigenvalue weighted by Crippen LogP contribution is -2.30. The van der Waals surface area contributed by atoms with E-state index >= 15 is 0 Å². The first-order valence-electron chi connectivity index (χ1n) is 7.04. The lowest BCUT2D eigenvalue weighted by Gasteiger charge is -2.32. The number of nitriles is 1. The molecule has 0 saturated heterocycles. The van der Waals surface area contributed by atoms with Crippen LogP contribution in [0.3, 0.4) is 0 Å². The summed E-state index contributed by atoms with van der Waals surface area (Å²) in [5, 5.41) is 9.63. The fourth-order valence-corrected chi connectivity index (χ4v) is 3.12. The molecule has 0 fully saturated rings. The standard InChI is InChI=1S/C18H15F2N/c19-16-6-5-15(17(20)9-16)11-18(12-21)8-7-13-3-1-2-4-14(13)10-18/h1-6,9H,7-8,10-11H2. The maximum atomic E-state index is 13.9. The molecule has 106 valence electrons. The second-order valence-corrected chi connectivity index (χ2v) is 5.75. The summed E-state index contributed by atoms with van der Waals surface area (Å²) in [5.41, 5.74) is 2.24. The molecule has 21 heavy (non-hydrogen) atoms. The van der Waals surface area contributed by atoms with Gasteiger partial charge >= 0.3 is 0 Å². The molecule has 3 rings (SSSR count). The molecule has 0 spiro atoms. The number of benzene rings is 2. The number of nitrogens with zero attached hydrogens (tertiary/aromatic N) is 1. The topological polar surface area (TPSA) is 23.8 Å². The quantitative estimate of drug-likeness (QED) is 0.810. The minimum atomic E-state index is -0.604. The van der Waals surface area contributed by atoms with Crippen molar-refractivity contribution in [1.82, 2.24) is 0 Å². The number of hydrogen-bond acceptors (Lipinski definition) is 1. The van der Waals surface area contributed by atoms with Gasteiger partial charge in [0.15, 0.2) is 0 Å². The van der Waals surface area contributed by atoms with E-state index in [1.54, 1.807) is 0 Å². The first-order chi connectivity index (χ1) is 10.1. The van der Waals surface area contributed by atoms with Gasteiger partial charge in [0, 0.05) is 6.07 Å². The van der Waals surface area contributed by atoms with E-state index in [9.17, 15) is 14.0 Å². The Morgan fingerprint density at radius 2 is 1.86 bits per heavy atom. The summed E-state index contributed by atoms with van der Waals surface area (Å²) in [5.74, 6) is -1.15. The number of rotatable bonds is 2. The van der Waals surface area contributed by atoms with Crippen LogP contribution in [0.5, 0.6) is 0 Å². The van der Waals surface area contributed by atoms with Gasteiger partial charge in [-0.1, -0.05) is 30.3 Å². The molecule has 0 amide bonds. The van der Waals surface area contributed by atoms with Crippen molar-refractivity contribution in [3.05, 3.63) is 70.8 Å². The number of hydrogen-bond donors (Lipinski definition) is 0. The Morgan fingerprint density at radius 3 is 2.57 bits per heavy atom. The summed E-state index contributed by atoms with van der Waals surface area (Å²) in [7, 11) is 0. The van der Waals surface area contributed by atoms with Gasteiger partial charge in [-0.15, -0.1) is 0 Å². The summed E-state index contributed by atoms with van der Waals surface area (Å²) in [6.07, 6.45) is 2.48. The fraction of sp³-hybridized carbons (Fsp3) is 0.278. The molecule has 0 aromatic heterocycles. The first-order valence-corrected chi connectivity index (χ1v) is 7.04. The van der Waals surface area contributed by atoms with Crippen LogP contribution in [-0.2, 0) is 19.3 Å². The third-order valence-corrected chi connectivity index (χ3v) is 4.30. The maximum absolute atomic E-state index is 13.9. The van der Waals surface area contributed by atoms with Crippen molar-refractivity contribution < 1.29 is 8.78 Å². The van der Waals surface area contributed by atoms with E-state index in [1.165, 1.54) is 17.7 Å². The molecule has 1 unspecified atom stereocenters. The zero-order chi connectivity index (χ0) is 14.9. The molecular formula is C18H15F2N. The van der Waals surface area contributed by atoms with Crippen molar-refractivity contribution >= 4 is 0 Å². The molecule has 2 aromatic rings. The van der Waals surface area contributed by atoms with E-state index in [1.807, 2.05) is 18.2 Å². The Morgan fingerprint density at radius 1 is 1.10 bits per heavy atom. The number of aryl methyl sites for hydroxylation is 1. The molecule has 0 heterocycles. The molecule has 0 saturated carbocycles. The highest BCUT2D eigenvalue weighted by atomic mass is 19.1. The van der Waals surface area contributed by atoms with Crippen LogP contribution < -0.4 is 0 Å². The fourth-order valence-electron chi connectivity index (χ4n) is 3.12. The van der Waals surface area contributed by atoms with Gasteiger partial charge in [0.25, 0.3) is 0 Å². The molecule has 1 nitrogen and oxygen atoms in total. The van der Waals surface area contributed by atoms with Crippen molar-refractivity contribution in [3.8, 4) is 6.07 Å². The van der Waals surface area contributed by atoms with Crippen LogP contribution in [0.15, 0.2) is 42.5 Å². The Balaban J connectivity index is 1.91. The summed E-state index contributed by atoms with van der Waals surface area (Å²) in [4.78, 5) is 0. The molecule has 1 atom stereocenters. The molecule has 0 aliphatic heterocycles. The Hall–Kier alpha value is -2.21. The third-order valence-electron chi connectivity index (χ3n) is 4.30. The van der Waals surface area contributed by atoms with Crippen molar-refractivity contribution in [2.75, 3.05) is 0 Å². The van der Waals surface area contributed by atoms with E-state index in [4.69, 9.17) is 0 Å². The molecule has 1 aliphatic rings. The predicted molar refractivity (Wildman–Crippen MR) is 76.6 cm³/mol. The first kappa shape index (κ1) is 13.8. The molecule has 0 N–H and O–H groups in total. The lowest BCUT2D eigenvalue weighted by molar-refractivity contribution is 0.334. The summed E-state index contributed by atoms with van der Waals surface area (Å²) in [6, 6.07) is 14.0. The molecule has 2 aromatic carbocycles. The molecule has 1 aliphatic carbocycles. The van der Waals surface area contributed by atoms with Crippen LogP contribution in [0.25, 0.3) is 0 Å². The Bertz CT molecular complexity index is 717. The number of halogens is 2. The van der Waals surface area contributed by atoms with Crippen molar-refractivity contribution in [3.63, 3.8) is 0 Å². The average Bonchev–Trinajstić information content (AvgIpc) is 2.50. The number of fused-ring (bicyclic) bond motifs is 1. The van der Waals surface area contributed by atoms with E-state index in [0.29, 0.717) is 24.8 Å².